The van der Waals surface area contributed by atoms with Crippen molar-refractivity contribution in [2.45, 2.75) is 20.2 Å². The van der Waals surface area contributed by atoms with Crippen LogP contribution in [0.1, 0.15) is 27.9 Å². The maximum atomic E-state index is 12.5. The summed E-state index contributed by atoms with van der Waals surface area (Å²) in [5.41, 5.74) is 0.627. The summed E-state index contributed by atoms with van der Waals surface area (Å²) >= 11 is 6.04. The van der Waals surface area contributed by atoms with Crippen LogP contribution >= 0.6 is 11.6 Å². The molecule has 0 atom stereocenters. The minimum absolute atomic E-state index is 0.0915. The lowest BCUT2D eigenvalue weighted by Crippen LogP contribution is -2.22. The fourth-order valence-corrected chi connectivity index (χ4v) is 2.59. The van der Waals surface area contributed by atoms with E-state index in [0.29, 0.717) is 23.0 Å². The monoisotopic (exact) mass is 402 g/mol. The van der Waals surface area contributed by atoms with Crippen LogP contribution in [0.5, 0.6) is 5.75 Å². The van der Waals surface area contributed by atoms with Crippen LogP contribution in [-0.4, -0.2) is 38.4 Å². The number of benzene rings is 1. The first-order chi connectivity index (χ1) is 13.5. The van der Waals surface area contributed by atoms with E-state index in [1.54, 1.807) is 41.3 Å². The van der Waals surface area contributed by atoms with Crippen molar-refractivity contribution >= 4 is 29.1 Å². The van der Waals surface area contributed by atoms with E-state index in [0.717, 1.165) is 0 Å². The number of rotatable bonds is 7. The minimum Gasteiger partial charge on any atom is -0.470 e. The molecule has 10 heteroatoms. The number of aromatic nitrogens is 4. The number of hydrogen-bond donors (Lipinski definition) is 2. The van der Waals surface area contributed by atoms with Gasteiger partial charge < -0.3 is 15.4 Å². The van der Waals surface area contributed by atoms with Crippen LogP contribution in [0.15, 0.2) is 42.7 Å². The van der Waals surface area contributed by atoms with E-state index in [4.69, 9.17) is 16.3 Å². The Labute approximate surface area is 166 Å². The molecule has 2 amide bonds. The zero-order valence-electron chi connectivity index (χ0n) is 15.3. The highest BCUT2D eigenvalue weighted by atomic mass is 35.5. The lowest BCUT2D eigenvalue weighted by molar-refractivity contribution is 0.0958. The highest BCUT2D eigenvalue weighted by Crippen LogP contribution is 2.23. The van der Waals surface area contributed by atoms with Crippen LogP contribution in [0.4, 0.5) is 5.69 Å². The predicted molar refractivity (Wildman–Crippen MR) is 104 cm³/mol. The molecule has 1 aromatic carbocycles. The normalized spacial score (nSPS) is 10.5. The standard InChI is InChI=1S/C18H19ClN6O3/c1-3-24-10-14(16(23-24)18(27)20-2)21-17(26)13-8-9-25(22-13)11-28-15-7-5-4-6-12(15)19/h4-10H,3,11H2,1-2H3,(H,20,27)(H,21,26). The van der Waals surface area contributed by atoms with Crippen molar-refractivity contribution in [1.82, 2.24) is 24.9 Å². The van der Waals surface area contributed by atoms with Gasteiger partial charge >= 0.3 is 0 Å². The molecule has 0 spiro atoms. The second-order valence-corrected chi connectivity index (χ2v) is 6.13. The van der Waals surface area contributed by atoms with Crippen molar-refractivity contribution in [3.8, 4) is 5.75 Å². The zero-order valence-corrected chi connectivity index (χ0v) is 16.1. The summed E-state index contributed by atoms with van der Waals surface area (Å²) < 4.78 is 8.62. The average molecular weight is 403 g/mol. The van der Waals surface area contributed by atoms with Crippen molar-refractivity contribution in [2.75, 3.05) is 12.4 Å². The second-order valence-electron chi connectivity index (χ2n) is 5.72. The number of anilines is 1. The number of nitrogens with one attached hydrogen (secondary N) is 2. The summed E-state index contributed by atoms with van der Waals surface area (Å²) in [5.74, 6) is -0.327. The van der Waals surface area contributed by atoms with Crippen molar-refractivity contribution in [3.05, 3.63) is 59.1 Å². The molecule has 0 saturated carbocycles. The zero-order chi connectivity index (χ0) is 20.1. The largest absolute Gasteiger partial charge is 0.470 e. The van der Waals surface area contributed by atoms with Crippen LogP contribution in [-0.2, 0) is 13.3 Å². The SMILES string of the molecule is CCn1cc(NC(=O)c2ccn(COc3ccccc3Cl)n2)c(C(=O)NC)n1. The van der Waals surface area contributed by atoms with Gasteiger partial charge in [-0.25, -0.2) is 4.68 Å². The number of para-hydroxylation sites is 1. The first-order valence-corrected chi connectivity index (χ1v) is 8.91. The van der Waals surface area contributed by atoms with E-state index in [2.05, 4.69) is 20.8 Å². The Bertz CT molecular complexity index is 997. The molecule has 9 nitrogen and oxygen atoms in total. The molecule has 146 valence electrons. The van der Waals surface area contributed by atoms with E-state index < -0.39 is 5.91 Å². The molecule has 0 unspecified atom stereocenters. The van der Waals surface area contributed by atoms with Gasteiger partial charge in [-0.2, -0.15) is 10.2 Å². The van der Waals surface area contributed by atoms with Gasteiger partial charge in [0, 0.05) is 26.0 Å². The Hall–Kier alpha value is -3.33. The average Bonchev–Trinajstić information content (AvgIpc) is 3.34. The molecule has 0 fully saturated rings. The number of hydrogen-bond acceptors (Lipinski definition) is 5. The summed E-state index contributed by atoms with van der Waals surface area (Å²) in [4.78, 5) is 24.4. The number of nitrogens with zero attached hydrogens (tertiary/aromatic N) is 4. The number of aryl methyl sites for hydroxylation is 1. The lowest BCUT2D eigenvalue weighted by atomic mass is 10.3. The van der Waals surface area contributed by atoms with Gasteiger partial charge in [0.25, 0.3) is 11.8 Å². The third-order valence-corrected chi connectivity index (χ3v) is 4.15. The first-order valence-electron chi connectivity index (χ1n) is 8.53. The van der Waals surface area contributed by atoms with E-state index in [1.165, 1.54) is 11.7 Å². The number of halogens is 1. The summed E-state index contributed by atoms with van der Waals surface area (Å²) in [5, 5.41) is 14.0. The lowest BCUT2D eigenvalue weighted by Gasteiger charge is -2.07. The quantitative estimate of drug-likeness (QED) is 0.631. The smallest absolute Gasteiger partial charge is 0.276 e. The third-order valence-electron chi connectivity index (χ3n) is 3.84. The van der Waals surface area contributed by atoms with Gasteiger partial charge in [-0.3, -0.25) is 14.3 Å². The Kier molecular flexibility index (Phi) is 5.95. The molecule has 2 heterocycles. The van der Waals surface area contributed by atoms with Crippen LogP contribution in [0.25, 0.3) is 0 Å². The van der Waals surface area contributed by atoms with E-state index in [9.17, 15) is 9.59 Å². The van der Waals surface area contributed by atoms with Gasteiger partial charge in [-0.15, -0.1) is 0 Å². The van der Waals surface area contributed by atoms with E-state index in [-0.39, 0.29) is 24.0 Å². The topological polar surface area (TPSA) is 103 Å². The fraction of sp³-hybridized carbons (Fsp3) is 0.222. The number of carbonyl (C=O) groups is 2. The molecule has 0 aliphatic heterocycles. The molecule has 2 N–H and O–H groups in total. The molecule has 3 aromatic rings. The van der Waals surface area contributed by atoms with Crippen LogP contribution in [0.2, 0.25) is 5.02 Å². The van der Waals surface area contributed by atoms with Crippen LogP contribution in [0.3, 0.4) is 0 Å². The molecule has 0 bridgehead atoms. The molecule has 0 saturated heterocycles. The third kappa shape index (κ3) is 4.32. The van der Waals surface area contributed by atoms with E-state index in [1.807, 2.05) is 13.0 Å². The van der Waals surface area contributed by atoms with Gasteiger partial charge in [-0.05, 0) is 25.1 Å². The highest BCUT2D eigenvalue weighted by Gasteiger charge is 2.19. The summed E-state index contributed by atoms with van der Waals surface area (Å²) in [6.45, 7) is 2.54. The van der Waals surface area contributed by atoms with Gasteiger partial charge in [0.1, 0.15) is 5.75 Å². The highest BCUT2D eigenvalue weighted by molar-refractivity contribution is 6.32. The maximum Gasteiger partial charge on any atom is 0.276 e. The van der Waals surface area contributed by atoms with Gasteiger partial charge in [0.2, 0.25) is 0 Å². The predicted octanol–water partition coefficient (Wildman–Crippen LogP) is 2.40. The van der Waals surface area contributed by atoms with Gasteiger partial charge in [0.15, 0.2) is 18.1 Å². The minimum atomic E-state index is -0.461. The number of carbonyl (C=O) groups excluding carboxylic acids is 2. The second kappa shape index (κ2) is 8.57. The number of amides is 2. The molecular formula is C18H19ClN6O3. The summed E-state index contributed by atoms with van der Waals surface area (Å²) in [7, 11) is 1.50. The molecule has 3 rings (SSSR count). The van der Waals surface area contributed by atoms with Gasteiger partial charge in [0.05, 0.1) is 10.7 Å². The Morgan fingerprint density at radius 1 is 1.14 bits per heavy atom. The number of ether oxygens (including phenoxy) is 1. The van der Waals surface area contributed by atoms with Crippen molar-refractivity contribution in [2.24, 2.45) is 0 Å². The van der Waals surface area contributed by atoms with Crippen LogP contribution in [0, 0.1) is 0 Å². The Morgan fingerprint density at radius 2 is 1.93 bits per heavy atom. The fourth-order valence-electron chi connectivity index (χ4n) is 2.40. The molecular weight excluding hydrogens is 384 g/mol. The summed E-state index contributed by atoms with van der Waals surface area (Å²) in [6, 6.07) is 8.63. The first kappa shape index (κ1) is 19.4. The molecule has 0 aliphatic rings. The Balaban J connectivity index is 1.68. The van der Waals surface area contributed by atoms with Crippen molar-refractivity contribution < 1.29 is 14.3 Å². The molecule has 0 aliphatic carbocycles. The molecule has 28 heavy (non-hydrogen) atoms. The Morgan fingerprint density at radius 3 is 2.64 bits per heavy atom. The van der Waals surface area contributed by atoms with Crippen molar-refractivity contribution in [3.63, 3.8) is 0 Å². The van der Waals surface area contributed by atoms with E-state index >= 15 is 0 Å². The van der Waals surface area contributed by atoms with Crippen molar-refractivity contribution in [1.29, 1.82) is 0 Å². The summed E-state index contributed by atoms with van der Waals surface area (Å²) in [6.07, 6.45) is 3.21. The van der Waals surface area contributed by atoms with Gasteiger partial charge in [-0.1, -0.05) is 23.7 Å². The maximum absolute atomic E-state index is 12.5. The van der Waals surface area contributed by atoms with Crippen LogP contribution < -0.4 is 15.4 Å². The molecule has 0 radical (unpaired) electrons. The molecule has 2 aromatic heterocycles.